The minimum Gasteiger partial charge on any atom is -0.458 e. The molecule has 1 N–H and O–H groups in total. The third kappa shape index (κ3) is 2.96. The van der Waals surface area contributed by atoms with Crippen LogP contribution < -0.4 is 5.32 Å². The Balaban J connectivity index is 2.58. The summed E-state index contributed by atoms with van der Waals surface area (Å²) in [5.41, 5.74) is 0.585. The van der Waals surface area contributed by atoms with Crippen LogP contribution >= 0.6 is 11.6 Å². The molecular formula is C15H20ClNO3S. The van der Waals surface area contributed by atoms with Gasteiger partial charge in [-0.3, -0.25) is 0 Å². The van der Waals surface area contributed by atoms with E-state index in [1.54, 1.807) is 19.9 Å². The highest BCUT2D eigenvalue weighted by Gasteiger charge is 2.41. The van der Waals surface area contributed by atoms with Crippen LogP contribution in [0, 0.1) is 0 Å². The molecule has 21 heavy (non-hydrogen) atoms. The van der Waals surface area contributed by atoms with Crippen LogP contribution in [0.5, 0.6) is 0 Å². The molecule has 1 aromatic heterocycles. The maximum atomic E-state index is 12.1. The number of benzene rings is 1. The summed E-state index contributed by atoms with van der Waals surface area (Å²) in [4.78, 5) is 0. The van der Waals surface area contributed by atoms with Crippen molar-refractivity contribution in [1.29, 1.82) is 0 Å². The average molecular weight is 330 g/mol. The normalized spacial score (nSPS) is 14.5. The van der Waals surface area contributed by atoms with Crippen molar-refractivity contribution in [1.82, 2.24) is 5.32 Å². The summed E-state index contributed by atoms with van der Waals surface area (Å²) in [5.74, 6) is 0.579. The maximum Gasteiger partial charge on any atom is 0.154 e. The topological polar surface area (TPSA) is 59.3 Å². The fraction of sp³-hybridized carbons (Fsp3) is 0.467. The van der Waals surface area contributed by atoms with Crippen molar-refractivity contribution < 1.29 is 12.8 Å². The lowest BCUT2D eigenvalue weighted by Crippen LogP contribution is -2.44. The number of hydrogen-bond donors (Lipinski definition) is 1. The van der Waals surface area contributed by atoms with E-state index in [1.807, 2.05) is 25.1 Å². The molecule has 2 aromatic rings. The largest absolute Gasteiger partial charge is 0.458 e. The zero-order chi connectivity index (χ0) is 15.8. The van der Waals surface area contributed by atoms with Gasteiger partial charge in [0.15, 0.2) is 15.4 Å². The first-order valence-electron chi connectivity index (χ1n) is 6.79. The van der Waals surface area contributed by atoms with E-state index in [0.717, 1.165) is 5.39 Å². The molecule has 6 heteroatoms. The van der Waals surface area contributed by atoms with Gasteiger partial charge < -0.3 is 9.73 Å². The van der Waals surface area contributed by atoms with Gasteiger partial charge in [-0.15, -0.1) is 0 Å². The summed E-state index contributed by atoms with van der Waals surface area (Å²) in [6.45, 7) is 5.96. The Bertz CT molecular complexity index is 749. The predicted molar refractivity (Wildman–Crippen MR) is 86.6 cm³/mol. The molecule has 1 unspecified atom stereocenters. The van der Waals surface area contributed by atoms with E-state index in [9.17, 15) is 8.42 Å². The lowest BCUT2D eigenvalue weighted by atomic mass is 10.0. The monoisotopic (exact) mass is 329 g/mol. The number of sulfone groups is 1. The smallest absolute Gasteiger partial charge is 0.154 e. The van der Waals surface area contributed by atoms with Gasteiger partial charge in [0.2, 0.25) is 0 Å². The average Bonchev–Trinajstić information content (AvgIpc) is 2.79. The van der Waals surface area contributed by atoms with Crippen molar-refractivity contribution in [2.45, 2.75) is 31.6 Å². The van der Waals surface area contributed by atoms with Crippen LogP contribution in [-0.4, -0.2) is 26.0 Å². The first-order valence-corrected chi connectivity index (χ1v) is 9.06. The third-order valence-electron chi connectivity index (χ3n) is 3.86. The Morgan fingerprint density at radius 1 is 1.38 bits per heavy atom. The molecule has 2 rings (SSSR count). The second-order valence-electron chi connectivity index (χ2n) is 5.67. The summed E-state index contributed by atoms with van der Waals surface area (Å²) >= 11 is 6.12. The molecule has 0 saturated carbocycles. The first kappa shape index (κ1) is 16.3. The van der Waals surface area contributed by atoms with Crippen molar-refractivity contribution in [2.75, 3.05) is 12.8 Å². The molecule has 0 spiro atoms. The van der Waals surface area contributed by atoms with Crippen LogP contribution in [0.3, 0.4) is 0 Å². The van der Waals surface area contributed by atoms with Crippen LogP contribution in [0.25, 0.3) is 11.0 Å². The SMILES string of the molecule is CCNC(c1cc2cccc(Cl)c2o1)C(C)(C)S(C)(=O)=O. The summed E-state index contributed by atoms with van der Waals surface area (Å²) in [6, 6.07) is 6.89. The number of halogens is 1. The molecule has 0 radical (unpaired) electrons. The number of rotatable bonds is 5. The Labute approximate surface area is 130 Å². The van der Waals surface area contributed by atoms with Gasteiger partial charge >= 0.3 is 0 Å². The van der Waals surface area contributed by atoms with Gasteiger partial charge in [-0.1, -0.05) is 30.7 Å². The summed E-state index contributed by atoms with van der Waals surface area (Å²) in [7, 11) is -3.27. The molecule has 4 nitrogen and oxygen atoms in total. The van der Waals surface area contributed by atoms with Crippen molar-refractivity contribution in [2.24, 2.45) is 0 Å². The van der Waals surface area contributed by atoms with Gasteiger partial charge in [-0.25, -0.2) is 8.42 Å². The molecule has 0 fully saturated rings. The number of furan rings is 1. The second-order valence-corrected chi connectivity index (χ2v) is 8.68. The zero-order valence-electron chi connectivity index (χ0n) is 12.6. The molecular weight excluding hydrogens is 310 g/mol. The van der Waals surface area contributed by atoms with E-state index in [0.29, 0.717) is 22.9 Å². The maximum absolute atomic E-state index is 12.1. The van der Waals surface area contributed by atoms with Gasteiger partial charge in [0.05, 0.1) is 15.8 Å². The van der Waals surface area contributed by atoms with Crippen molar-refractivity contribution in [3.63, 3.8) is 0 Å². The number of nitrogens with one attached hydrogen (secondary N) is 1. The van der Waals surface area contributed by atoms with E-state index < -0.39 is 20.6 Å². The van der Waals surface area contributed by atoms with Crippen LogP contribution in [0.4, 0.5) is 0 Å². The highest BCUT2D eigenvalue weighted by atomic mass is 35.5. The lowest BCUT2D eigenvalue weighted by molar-refractivity contribution is 0.367. The van der Waals surface area contributed by atoms with Gasteiger partial charge in [-0.2, -0.15) is 0 Å². The predicted octanol–water partition coefficient (Wildman–Crippen LogP) is 3.56. The van der Waals surface area contributed by atoms with E-state index in [4.69, 9.17) is 16.0 Å². The van der Waals surface area contributed by atoms with E-state index in [1.165, 1.54) is 6.26 Å². The molecule has 1 heterocycles. The minimum absolute atomic E-state index is 0.444. The van der Waals surface area contributed by atoms with Gasteiger partial charge in [0, 0.05) is 11.6 Å². The molecule has 0 aliphatic heterocycles. The van der Waals surface area contributed by atoms with Crippen LogP contribution in [-0.2, 0) is 9.84 Å². The minimum atomic E-state index is -3.27. The van der Waals surface area contributed by atoms with Gasteiger partial charge in [-0.05, 0) is 32.5 Å². The van der Waals surface area contributed by atoms with E-state index in [-0.39, 0.29) is 0 Å². The van der Waals surface area contributed by atoms with E-state index in [2.05, 4.69) is 5.32 Å². The third-order valence-corrected chi connectivity index (χ3v) is 6.30. The number of para-hydroxylation sites is 1. The standard InChI is InChI=1S/C15H20ClNO3S/c1-5-17-14(15(2,3)21(4,18)19)12-9-10-7-6-8-11(16)13(10)20-12/h6-9,14,17H,5H2,1-4H3. The summed E-state index contributed by atoms with van der Waals surface area (Å²) in [5, 5.41) is 4.60. The van der Waals surface area contributed by atoms with Crippen molar-refractivity contribution in [3.8, 4) is 0 Å². The van der Waals surface area contributed by atoms with Crippen LogP contribution in [0.2, 0.25) is 5.02 Å². The number of fused-ring (bicyclic) bond motifs is 1. The number of hydrogen-bond acceptors (Lipinski definition) is 4. The Morgan fingerprint density at radius 3 is 2.57 bits per heavy atom. The first-order chi connectivity index (χ1) is 9.68. The second kappa shape index (κ2) is 5.63. The quantitative estimate of drug-likeness (QED) is 0.911. The molecule has 116 valence electrons. The van der Waals surface area contributed by atoms with Gasteiger partial charge in [0.25, 0.3) is 0 Å². The van der Waals surface area contributed by atoms with Crippen LogP contribution in [0.1, 0.15) is 32.6 Å². The fourth-order valence-corrected chi connectivity index (χ4v) is 3.14. The Morgan fingerprint density at radius 2 is 2.05 bits per heavy atom. The Hall–Kier alpha value is -1.04. The van der Waals surface area contributed by atoms with Crippen molar-refractivity contribution in [3.05, 3.63) is 35.0 Å². The Kier molecular flexibility index (Phi) is 4.38. The molecule has 1 atom stereocenters. The summed E-state index contributed by atoms with van der Waals surface area (Å²) in [6.07, 6.45) is 1.24. The lowest BCUT2D eigenvalue weighted by Gasteiger charge is -2.31. The molecule has 0 aliphatic carbocycles. The molecule has 0 amide bonds. The summed E-state index contributed by atoms with van der Waals surface area (Å²) < 4.78 is 29.1. The molecule has 0 bridgehead atoms. The fourth-order valence-electron chi connectivity index (χ4n) is 2.30. The molecule has 0 aliphatic rings. The van der Waals surface area contributed by atoms with Gasteiger partial charge in [0.1, 0.15) is 5.76 Å². The van der Waals surface area contributed by atoms with Crippen LogP contribution in [0.15, 0.2) is 28.7 Å². The highest BCUT2D eigenvalue weighted by molar-refractivity contribution is 7.92. The van der Waals surface area contributed by atoms with E-state index >= 15 is 0 Å². The van der Waals surface area contributed by atoms with Crippen molar-refractivity contribution >= 4 is 32.4 Å². The molecule has 1 aromatic carbocycles. The molecule has 0 saturated heterocycles. The highest BCUT2D eigenvalue weighted by Crippen LogP contribution is 2.36. The zero-order valence-corrected chi connectivity index (χ0v) is 14.2.